The van der Waals surface area contributed by atoms with Crippen molar-refractivity contribution in [2.24, 2.45) is 5.92 Å². The van der Waals surface area contributed by atoms with Crippen LogP contribution in [0.4, 0.5) is 0 Å². The monoisotopic (exact) mass is 377 g/mol. The maximum atomic E-state index is 12.7. The lowest BCUT2D eigenvalue weighted by Gasteiger charge is -2.45. The van der Waals surface area contributed by atoms with Gasteiger partial charge in [-0.25, -0.2) is 9.78 Å². The van der Waals surface area contributed by atoms with Crippen LogP contribution in [0.3, 0.4) is 0 Å². The van der Waals surface area contributed by atoms with Gasteiger partial charge < -0.3 is 20.0 Å². The van der Waals surface area contributed by atoms with E-state index in [4.69, 9.17) is 4.84 Å². The maximum Gasteiger partial charge on any atom is 0.327 e. The van der Waals surface area contributed by atoms with Crippen LogP contribution in [0.1, 0.15) is 25.8 Å². The molecule has 2 aliphatic heterocycles. The SMILES string of the molecule is COn1c([C@@H](O)[C@@H]2C(=O)N3[C@@H]2SC(C)(C)[C@@H]3C(=O)O)nc2ccccc21. The summed E-state index contributed by atoms with van der Waals surface area (Å²) >= 11 is 1.40. The third-order valence-electron chi connectivity index (χ3n) is 5.05. The summed E-state index contributed by atoms with van der Waals surface area (Å²) in [7, 11) is 1.47. The lowest BCUT2D eigenvalue weighted by atomic mass is 9.87. The first kappa shape index (κ1) is 17.2. The van der Waals surface area contributed by atoms with Gasteiger partial charge in [-0.3, -0.25) is 4.79 Å². The minimum absolute atomic E-state index is 0.240. The number of carbonyl (C=O) groups excluding carboxylic acids is 1. The van der Waals surface area contributed by atoms with Gasteiger partial charge in [0.15, 0.2) is 5.82 Å². The Morgan fingerprint density at radius 1 is 1.38 bits per heavy atom. The molecule has 0 saturated carbocycles. The van der Waals surface area contributed by atoms with Crippen LogP contribution in [0.25, 0.3) is 11.0 Å². The van der Waals surface area contributed by atoms with E-state index in [-0.39, 0.29) is 11.7 Å². The van der Waals surface area contributed by atoms with Gasteiger partial charge in [0.25, 0.3) is 0 Å². The van der Waals surface area contributed by atoms with Gasteiger partial charge in [-0.1, -0.05) is 12.1 Å². The van der Waals surface area contributed by atoms with Crippen LogP contribution in [-0.2, 0) is 9.59 Å². The third kappa shape index (κ3) is 2.16. The van der Waals surface area contributed by atoms with Crippen molar-refractivity contribution in [3.63, 3.8) is 0 Å². The average Bonchev–Trinajstić information content (AvgIpc) is 3.07. The van der Waals surface area contributed by atoms with E-state index in [0.717, 1.165) is 0 Å². The number of imidazole rings is 1. The third-order valence-corrected chi connectivity index (χ3v) is 6.64. The molecule has 2 aliphatic rings. The molecule has 2 saturated heterocycles. The van der Waals surface area contributed by atoms with Crippen LogP contribution in [0.2, 0.25) is 0 Å². The lowest BCUT2D eigenvalue weighted by Crippen LogP contribution is -2.64. The molecule has 138 valence electrons. The summed E-state index contributed by atoms with van der Waals surface area (Å²) in [5, 5.41) is 20.0. The average molecular weight is 377 g/mol. The van der Waals surface area contributed by atoms with Gasteiger partial charge in [0.1, 0.15) is 30.7 Å². The predicted octanol–water partition coefficient (Wildman–Crippen LogP) is 0.891. The normalized spacial score (nSPS) is 27.9. The van der Waals surface area contributed by atoms with Crippen molar-refractivity contribution in [3.8, 4) is 0 Å². The number of hydrogen-bond donors (Lipinski definition) is 2. The van der Waals surface area contributed by atoms with Crippen LogP contribution in [0.5, 0.6) is 0 Å². The van der Waals surface area contributed by atoms with E-state index in [1.807, 2.05) is 18.2 Å². The Balaban J connectivity index is 1.70. The van der Waals surface area contributed by atoms with E-state index in [0.29, 0.717) is 11.0 Å². The number of aromatic nitrogens is 2. The van der Waals surface area contributed by atoms with Crippen molar-refractivity contribution in [3.05, 3.63) is 30.1 Å². The standard InChI is InChI=1S/C17H19N3O5S/c1-17(2)12(16(23)24)19-14(22)10(15(19)26-17)11(21)13-18-8-6-4-5-7-9(8)20(13)25-3/h4-7,10-12,15,21H,1-3H3,(H,23,24)/t10-,11+,12+,15-/m1/s1. The van der Waals surface area contributed by atoms with Gasteiger partial charge in [-0.05, 0) is 26.0 Å². The molecule has 3 heterocycles. The van der Waals surface area contributed by atoms with Gasteiger partial charge in [-0.15, -0.1) is 11.8 Å². The molecule has 0 bridgehead atoms. The molecule has 0 aliphatic carbocycles. The van der Waals surface area contributed by atoms with Crippen LogP contribution >= 0.6 is 11.8 Å². The van der Waals surface area contributed by atoms with E-state index in [9.17, 15) is 19.8 Å². The molecule has 1 aromatic carbocycles. The summed E-state index contributed by atoms with van der Waals surface area (Å²) in [6.45, 7) is 3.60. The zero-order chi connectivity index (χ0) is 18.8. The number of aliphatic carboxylic acids is 1. The molecular weight excluding hydrogens is 358 g/mol. The number of aliphatic hydroxyl groups is 1. The second-order valence-electron chi connectivity index (χ2n) is 7.00. The Hall–Kier alpha value is -2.26. The van der Waals surface area contributed by atoms with E-state index in [1.54, 1.807) is 19.9 Å². The van der Waals surface area contributed by atoms with Crippen molar-refractivity contribution >= 4 is 34.7 Å². The fraction of sp³-hybridized carbons (Fsp3) is 0.471. The number of para-hydroxylation sites is 2. The van der Waals surface area contributed by atoms with E-state index >= 15 is 0 Å². The number of thioether (sulfide) groups is 1. The number of nitrogens with zero attached hydrogens (tertiary/aromatic N) is 3. The number of β-lactam (4-membered cyclic amide) rings is 1. The molecule has 26 heavy (non-hydrogen) atoms. The Morgan fingerprint density at radius 2 is 2.08 bits per heavy atom. The predicted molar refractivity (Wildman–Crippen MR) is 94.4 cm³/mol. The van der Waals surface area contributed by atoms with Crippen molar-refractivity contribution in [2.75, 3.05) is 7.11 Å². The largest absolute Gasteiger partial charge is 0.480 e. The number of carboxylic acids is 1. The second-order valence-corrected chi connectivity index (χ2v) is 8.78. The van der Waals surface area contributed by atoms with Gasteiger partial charge in [0, 0.05) is 4.75 Å². The molecule has 4 rings (SSSR count). The fourth-order valence-electron chi connectivity index (χ4n) is 3.89. The summed E-state index contributed by atoms with van der Waals surface area (Å²) in [5.74, 6) is -1.92. The Labute approximate surface area is 153 Å². The van der Waals surface area contributed by atoms with Crippen LogP contribution < -0.4 is 4.84 Å². The number of hydrogen-bond acceptors (Lipinski definition) is 6. The number of rotatable bonds is 4. The highest BCUT2D eigenvalue weighted by atomic mass is 32.2. The first-order valence-electron chi connectivity index (χ1n) is 8.20. The summed E-state index contributed by atoms with van der Waals surface area (Å²) in [6, 6.07) is 6.36. The molecule has 2 aromatic rings. The van der Waals surface area contributed by atoms with E-state index < -0.39 is 34.2 Å². The first-order chi connectivity index (χ1) is 12.3. The summed E-state index contributed by atoms with van der Waals surface area (Å²) in [5.41, 5.74) is 1.34. The number of fused-ring (bicyclic) bond motifs is 2. The molecule has 0 spiro atoms. The minimum Gasteiger partial charge on any atom is -0.480 e. The second kappa shape index (κ2) is 5.62. The van der Waals surface area contributed by atoms with Crippen molar-refractivity contribution in [2.45, 2.75) is 36.1 Å². The number of amides is 1. The topological polar surface area (TPSA) is 105 Å². The number of carbonyl (C=O) groups is 2. The maximum absolute atomic E-state index is 12.7. The van der Waals surface area contributed by atoms with Crippen LogP contribution in [-0.4, -0.2) is 60.0 Å². The van der Waals surface area contributed by atoms with Crippen molar-refractivity contribution in [1.82, 2.24) is 14.6 Å². The number of benzene rings is 1. The van der Waals surface area contributed by atoms with Gasteiger partial charge >= 0.3 is 5.97 Å². The molecular formula is C17H19N3O5S. The van der Waals surface area contributed by atoms with Crippen molar-refractivity contribution < 1.29 is 24.6 Å². The van der Waals surface area contributed by atoms with E-state index in [2.05, 4.69) is 4.98 Å². The highest BCUT2D eigenvalue weighted by molar-refractivity contribution is 8.01. The summed E-state index contributed by atoms with van der Waals surface area (Å²) < 4.78 is 0.775. The molecule has 2 N–H and O–H groups in total. The fourth-order valence-corrected chi connectivity index (χ4v) is 5.61. The quantitative estimate of drug-likeness (QED) is 0.763. The Bertz CT molecular complexity index is 911. The van der Waals surface area contributed by atoms with Crippen molar-refractivity contribution in [1.29, 1.82) is 0 Å². The highest BCUT2D eigenvalue weighted by Crippen LogP contribution is 2.55. The lowest BCUT2D eigenvalue weighted by molar-refractivity contribution is -0.169. The van der Waals surface area contributed by atoms with Crippen LogP contribution in [0, 0.1) is 5.92 Å². The van der Waals surface area contributed by atoms with Gasteiger partial charge in [0.2, 0.25) is 5.91 Å². The zero-order valence-electron chi connectivity index (χ0n) is 14.5. The van der Waals surface area contributed by atoms with Crippen LogP contribution in [0.15, 0.2) is 24.3 Å². The molecule has 1 aromatic heterocycles. The summed E-state index contributed by atoms with van der Waals surface area (Å²) in [6.07, 6.45) is -1.19. The number of aliphatic hydroxyl groups excluding tert-OH is 1. The highest BCUT2D eigenvalue weighted by Gasteiger charge is 2.65. The summed E-state index contributed by atoms with van der Waals surface area (Å²) in [4.78, 5) is 35.4. The zero-order valence-corrected chi connectivity index (χ0v) is 15.3. The Morgan fingerprint density at radius 3 is 2.73 bits per heavy atom. The first-order valence-corrected chi connectivity index (χ1v) is 9.08. The van der Waals surface area contributed by atoms with Gasteiger partial charge in [0.05, 0.1) is 10.9 Å². The van der Waals surface area contributed by atoms with E-state index in [1.165, 1.54) is 28.5 Å². The Kier molecular flexibility index (Phi) is 3.71. The molecule has 9 heteroatoms. The molecule has 2 fully saturated rings. The minimum atomic E-state index is -1.19. The molecule has 1 amide bonds. The molecule has 0 radical (unpaired) electrons. The van der Waals surface area contributed by atoms with Gasteiger partial charge in [-0.2, -0.15) is 4.73 Å². The molecule has 8 nitrogen and oxygen atoms in total. The molecule has 4 atom stereocenters. The molecule has 0 unspecified atom stereocenters. The smallest absolute Gasteiger partial charge is 0.327 e. The number of carboxylic acid groups (broad SMARTS) is 1.